The molecule has 0 saturated carbocycles. The largest absolute Gasteiger partial charge is 0.345 e. The fourth-order valence-electron chi connectivity index (χ4n) is 2.59. The van der Waals surface area contributed by atoms with Crippen LogP contribution in [0.2, 0.25) is 0 Å². The summed E-state index contributed by atoms with van der Waals surface area (Å²) in [7, 11) is 0. The van der Waals surface area contributed by atoms with Crippen molar-refractivity contribution in [3.05, 3.63) is 69.5 Å². The number of carbonyl (C=O) groups is 1. The van der Waals surface area contributed by atoms with Gasteiger partial charge in [0.1, 0.15) is 0 Å². The maximum atomic E-state index is 12.7. The average Bonchev–Trinajstić information content (AvgIpc) is 3.01. The Labute approximate surface area is 122 Å². The van der Waals surface area contributed by atoms with Crippen molar-refractivity contribution >= 4 is 28.1 Å². The van der Waals surface area contributed by atoms with Gasteiger partial charge in [0, 0.05) is 0 Å². The van der Waals surface area contributed by atoms with Crippen molar-refractivity contribution in [3.8, 4) is 0 Å². The van der Waals surface area contributed by atoms with Crippen molar-refractivity contribution in [2.24, 2.45) is 0 Å². The summed E-state index contributed by atoms with van der Waals surface area (Å²) in [6.07, 6.45) is 0. The topological polar surface area (TPSA) is 92.7 Å². The van der Waals surface area contributed by atoms with Gasteiger partial charge in [-0.2, -0.15) is 0 Å². The third-order valence-corrected chi connectivity index (χ3v) is 3.56. The van der Waals surface area contributed by atoms with Gasteiger partial charge in [-0.1, -0.05) is 24.3 Å². The van der Waals surface area contributed by atoms with Crippen molar-refractivity contribution in [1.29, 1.82) is 0 Å². The minimum absolute atomic E-state index is 0.426. The van der Waals surface area contributed by atoms with Crippen LogP contribution in [0.3, 0.4) is 0 Å². The van der Waals surface area contributed by atoms with E-state index in [1.54, 1.807) is 48.5 Å². The van der Waals surface area contributed by atoms with Crippen LogP contribution in [-0.4, -0.2) is 25.1 Å². The lowest BCUT2D eigenvalue weighted by Crippen LogP contribution is -2.34. The van der Waals surface area contributed by atoms with Gasteiger partial charge >= 0.3 is 17.4 Å². The number of fused-ring (bicyclic) bond motifs is 2. The molecule has 0 unspecified atom stereocenters. The van der Waals surface area contributed by atoms with Gasteiger partial charge in [-0.25, -0.2) is 23.5 Å². The van der Waals surface area contributed by atoms with Crippen molar-refractivity contribution < 1.29 is 4.79 Å². The Morgan fingerprint density at radius 1 is 0.727 bits per heavy atom. The Morgan fingerprint density at radius 3 is 1.59 bits per heavy atom. The number of H-pyrrole nitrogens is 2. The molecule has 7 heteroatoms. The van der Waals surface area contributed by atoms with Crippen LogP contribution in [-0.2, 0) is 0 Å². The highest BCUT2D eigenvalue weighted by molar-refractivity contribution is 5.95. The first-order valence-corrected chi connectivity index (χ1v) is 6.61. The summed E-state index contributed by atoms with van der Waals surface area (Å²) in [5.41, 5.74) is 0.763. The molecule has 4 rings (SSSR count). The molecule has 0 bridgehead atoms. The first-order chi connectivity index (χ1) is 10.7. The number of rotatable bonds is 0. The second-order valence-corrected chi connectivity index (χ2v) is 4.85. The smallest absolute Gasteiger partial charge is 0.305 e. The van der Waals surface area contributed by atoms with Gasteiger partial charge < -0.3 is 9.97 Å². The van der Waals surface area contributed by atoms with Gasteiger partial charge in [0.2, 0.25) is 0 Å². The number of carbonyl (C=O) groups excluding carboxylic acids is 1. The van der Waals surface area contributed by atoms with Crippen LogP contribution in [0, 0.1) is 0 Å². The SMILES string of the molecule is O=C(n1c(=O)[nH]c2ccccc21)n1c(=O)[nH]c2ccccc21. The van der Waals surface area contributed by atoms with Crippen LogP contribution >= 0.6 is 0 Å². The number of nitrogens with one attached hydrogen (secondary N) is 2. The molecule has 2 heterocycles. The van der Waals surface area contributed by atoms with Crippen molar-refractivity contribution in [2.75, 3.05) is 0 Å². The van der Waals surface area contributed by atoms with E-state index in [0.29, 0.717) is 22.1 Å². The fraction of sp³-hybridized carbons (Fsp3) is 0. The Kier molecular flexibility index (Phi) is 2.43. The summed E-state index contributed by atoms with van der Waals surface area (Å²) in [6.45, 7) is 0. The number of para-hydroxylation sites is 4. The molecule has 2 aromatic heterocycles. The van der Waals surface area contributed by atoms with Crippen LogP contribution in [0.15, 0.2) is 58.1 Å². The summed E-state index contributed by atoms with van der Waals surface area (Å²) in [6, 6.07) is 12.9. The van der Waals surface area contributed by atoms with Gasteiger partial charge in [0.05, 0.1) is 22.1 Å². The lowest BCUT2D eigenvalue weighted by molar-refractivity contribution is 0.244. The summed E-state index contributed by atoms with van der Waals surface area (Å²) in [5.74, 6) is 0. The van der Waals surface area contributed by atoms with E-state index in [1.807, 2.05) is 0 Å². The highest BCUT2D eigenvalue weighted by Crippen LogP contribution is 2.12. The minimum atomic E-state index is -0.718. The molecule has 2 aromatic carbocycles. The van der Waals surface area contributed by atoms with E-state index in [1.165, 1.54) is 0 Å². The summed E-state index contributed by atoms with van der Waals surface area (Å²) >= 11 is 0. The highest BCUT2D eigenvalue weighted by atomic mass is 16.2. The lowest BCUT2D eigenvalue weighted by Gasteiger charge is -2.03. The Balaban J connectivity index is 2.05. The van der Waals surface area contributed by atoms with E-state index in [9.17, 15) is 14.4 Å². The summed E-state index contributed by atoms with van der Waals surface area (Å²) < 4.78 is 1.91. The van der Waals surface area contributed by atoms with Crippen molar-refractivity contribution in [1.82, 2.24) is 19.1 Å². The molecule has 2 N–H and O–H groups in total. The molecular weight excluding hydrogens is 284 g/mol. The number of benzene rings is 2. The molecule has 0 spiro atoms. The first kappa shape index (κ1) is 12.4. The van der Waals surface area contributed by atoms with Crippen molar-refractivity contribution in [3.63, 3.8) is 0 Å². The second-order valence-electron chi connectivity index (χ2n) is 4.85. The zero-order valence-electron chi connectivity index (χ0n) is 11.2. The average molecular weight is 294 g/mol. The highest BCUT2D eigenvalue weighted by Gasteiger charge is 2.19. The predicted molar refractivity (Wildman–Crippen MR) is 81.3 cm³/mol. The molecule has 7 nitrogen and oxygen atoms in total. The van der Waals surface area contributed by atoms with Gasteiger partial charge in [-0.3, -0.25) is 0 Å². The fourth-order valence-corrected chi connectivity index (χ4v) is 2.59. The molecule has 0 aliphatic carbocycles. The Bertz CT molecular complexity index is 1050. The van der Waals surface area contributed by atoms with E-state index >= 15 is 0 Å². The Morgan fingerprint density at radius 2 is 1.14 bits per heavy atom. The normalized spacial score (nSPS) is 11.3. The molecule has 0 fully saturated rings. The zero-order valence-corrected chi connectivity index (χ0v) is 11.2. The molecule has 0 saturated heterocycles. The number of aromatic amines is 2. The molecule has 108 valence electrons. The first-order valence-electron chi connectivity index (χ1n) is 6.61. The van der Waals surface area contributed by atoms with Crippen LogP contribution in [0.1, 0.15) is 0 Å². The van der Waals surface area contributed by atoms with Gasteiger partial charge in [-0.15, -0.1) is 0 Å². The van der Waals surface area contributed by atoms with Crippen molar-refractivity contribution in [2.45, 2.75) is 0 Å². The third-order valence-electron chi connectivity index (χ3n) is 3.56. The van der Waals surface area contributed by atoms with Crippen LogP contribution in [0.25, 0.3) is 22.1 Å². The standard InChI is InChI=1S/C15H10N4O3/c20-13-16-9-5-1-3-7-11(9)18(13)15(22)19-12-8-4-2-6-10(12)17-14(19)21/h1-8H,(H,16,20)(H,17,21). The maximum absolute atomic E-state index is 12.7. The zero-order chi connectivity index (χ0) is 15.3. The van der Waals surface area contributed by atoms with Crippen LogP contribution < -0.4 is 11.4 Å². The van der Waals surface area contributed by atoms with Crippen LogP contribution in [0.5, 0.6) is 0 Å². The predicted octanol–water partition coefficient (Wildman–Crippen LogP) is 1.49. The second kappa shape index (κ2) is 4.32. The molecule has 0 aliphatic heterocycles. The monoisotopic (exact) mass is 294 g/mol. The number of hydrogen-bond acceptors (Lipinski definition) is 3. The number of aromatic nitrogens is 4. The number of hydrogen-bond donors (Lipinski definition) is 2. The minimum Gasteiger partial charge on any atom is -0.305 e. The number of nitrogens with zero attached hydrogens (tertiary/aromatic N) is 2. The van der Waals surface area contributed by atoms with Gasteiger partial charge in [0.15, 0.2) is 0 Å². The summed E-state index contributed by atoms with van der Waals surface area (Å²) in [4.78, 5) is 42.1. The third kappa shape index (κ3) is 1.59. The quantitative estimate of drug-likeness (QED) is 0.514. The molecule has 4 aromatic rings. The van der Waals surface area contributed by atoms with Crippen LogP contribution in [0.4, 0.5) is 4.79 Å². The van der Waals surface area contributed by atoms with Gasteiger partial charge in [-0.05, 0) is 24.3 Å². The number of imidazole rings is 2. The molecule has 0 radical (unpaired) electrons. The summed E-state index contributed by atoms with van der Waals surface area (Å²) in [5, 5.41) is 0. The lowest BCUT2D eigenvalue weighted by atomic mass is 10.3. The van der Waals surface area contributed by atoms with E-state index < -0.39 is 17.4 Å². The van der Waals surface area contributed by atoms with E-state index in [2.05, 4.69) is 9.97 Å². The maximum Gasteiger partial charge on any atom is 0.345 e. The molecule has 0 aliphatic rings. The molecule has 0 atom stereocenters. The van der Waals surface area contributed by atoms with E-state index in [0.717, 1.165) is 9.13 Å². The Hall–Kier alpha value is -3.35. The molecular formula is C15H10N4O3. The molecule has 22 heavy (non-hydrogen) atoms. The van der Waals surface area contributed by atoms with E-state index in [-0.39, 0.29) is 0 Å². The molecule has 0 amide bonds. The van der Waals surface area contributed by atoms with Gasteiger partial charge in [0.25, 0.3) is 0 Å². The van der Waals surface area contributed by atoms with E-state index in [4.69, 9.17) is 0 Å².